The zero-order valence-corrected chi connectivity index (χ0v) is 11.5. The van der Waals surface area contributed by atoms with Gasteiger partial charge in [0.1, 0.15) is 0 Å². The SMILES string of the molecule is CC(=O)c1ccc(NC(=O)CN(C)CCCN)cc1. The van der Waals surface area contributed by atoms with Gasteiger partial charge in [-0.2, -0.15) is 0 Å². The molecule has 0 unspecified atom stereocenters. The van der Waals surface area contributed by atoms with E-state index in [1.54, 1.807) is 24.3 Å². The molecule has 0 fully saturated rings. The lowest BCUT2D eigenvalue weighted by Gasteiger charge is -2.15. The van der Waals surface area contributed by atoms with Gasteiger partial charge < -0.3 is 11.1 Å². The van der Waals surface area contributed by atoms with Gasteiger partial charge in [-0.15, -0.1) is 0 Å². The lowest BCUT2D eigenvalue weighted by Crippen LogP contribution is -2.31. The molecule has 1 amide bonds. The van der Waals surface area contributed by atoms with Crippen molar-refractivity contribution in [3.8, 4) is 0 Å². The van der Waals surface area contributed by atoms with Gasteiger partial charge in [0.05, 0.1) is 6.54 Å². The highest BCUT2D eigenvalue weighted by Crippen LogP contribution is 2.09. The molecule has 1 aromatic carbocycles. The summed E-state index contributed by atoms with van der Waals surface area (Å²) in [5.41, 5.74) is 6.75. The maximum atomic E-state index is 11.8. The number of carbonyl (C=O) groups excluding carboxylic acids is 2. The number of likely N-dealkylation sites (N-methyl/N-ethyl adjacent to an activating group) is 1. The summed E-state index contributed by atoms with van der Waals surface area (Å²) in [6.45, 7) is 3.26. The molecule has 0 radical (unpaired) electrons. The third-order valence-corrected chi connectivity index (χ3v) is 2.73. The molecule has 19 heavy (non-hydrogen) atoms. The number of nitrogens with one attached hydrogen (secondary N) is 1. The first-order valence-electron chi connectivity index (χ1n) is 6.32. The van der Waals surface area contributed by atoms with Gasteiger partial charge in [-0.3, -0.25) is 14.5 Å². The van der Waals surface area contributed by atoms with Crippen LogP contribution >= 0.6 is 0 Å². The van der Waals surface area contributed by atoms with Gasteiger partial charge in [-0.05, 0) is 57.7 Å². The smallest absolute Gasteiger partial charge is 0.238 e. The Morgan fingerprint density at radius 3 is 2.42 bits per heavy atom. The van der Waals surface area contributed by atoms with Crippen LogP contribution in [0.2, 0.25) is 0 Å². The van der Waals surface area contributed by atoms with E-state index in [9.17, 15) is 9.59 Å². The van der Waals surface area contributed by atoms with E-state index >= 15 is 0 Å². The molecule has 104 valence electrons. The normalized spacial score (nSPS) is 10.5. The molecular weight excluding hydrogens is 242 g/mol. The number of ketones is 1. The van der Waals surface area contributed by atoms with Gasteiger partial charge in [-0.25, -0.2) is 0 Å². The number of Topliss-reactive ketones (excluding diaryl/α,β-unsaturated/α-hetero) is 1. The first-order valence-corrected chi connectivity index (χ1v) is 6.32. The summed E-state index contributed by atoms with van der Waals surface area (Å²) in [6.07, 6.45) is 0.872. The van der Waals surface area contributed by atoms with E-state index in [0.717, 1.165) is 13.0 Å². The highest BCUT2D eigenvalue weighted by atomic mass is 16.2. The fourth-order valence-corrected chi connectivity index (χ4v) is 1.67. The zero-order chi connectivity index (χ0) is 14.3. The van der Waals surface area contributed by atoms with E-state index < -0.39 is 0 Å². The van der Waals surface area contributed by atoms with Crippen molar-refractivity contribution < 1.29 is 9.59 Å². The Balaban J connectivity index is 2.45. The molecular formula is C14H21N3O2. The summed E-state index contributed by atoms with van der Waals surface area (Å²) >= 11 is 0. The van der Waals surface area contributed by atoms with Gasteiger partial charge in [0.15, 0.2) is 5.78 Å². The van der Waals surface area contributed by atoms with E-state index in [-0.39, 0.29) is 11.7 Å². The molecule has 0 spiro atoms. The average Bonchev–Trinajstić information content (AvgIpc) is 2.36. The van der Waals surface area contributed by atoms with Crippen LogP contribution in [0.3, 0.4) is 0 Å². The Hall–Kier alpha value is -1.72. The van der Waals surface area contributed by atoms with Crippen LogP contribution < -0.4 is 11.1 Å². The number of hydrogen-bond donors (Lipinski definition) is 2. The molecule has 0 aliphatic rings. The van der Waals surface area contributed by atoms with Gasteiger partial charge in [-0.1, -0.05) is 0 Å². The Morgan fingerprint density at radius 2 is 1.89 bits per heavy atom. The first-order chi connectivity index (χ1) is 9.02. The van der Waals surface area contributed by atoms with Crippen LogP contribution in [-0.2, 0) is 4.79 Å². The van der Waals surface area contributed by atoms with Gasteiger partial charge in [0.2, 0.25) is 5.91 Å². The Labute approximate surface area is 113 Å². The number of benzene rings is 1. The van der Waals surface area contributed by atoms with Crippen molar-refractivity contribution in [3.63, 3.8) is 0 Å². The standard InChI is InChI=1S/C14H21N3O2/c1-11(18)12-4-6-13(7-5-12)16-14(19)10-17(2)9-3-8-15/h4-7H,3,8-10,15H2,1-2H3,(H,16,19). The van der Waals surface area contributed by atoms with Crippen molar-refractivity contribution in [2.45, 2.75) is 13.3 Å². The zero-order valence-electron chi connectivity index (χ0n) is 11.5. The minimum Gasteiger partial charge on any atom is -0.330 e. The third kappa shape index (κ3) is 5.63. The van der Waals surface area contributed by atoms with Crippen LogP contribution in [0.1, 0.15) is 23.7 Å². The third-order valence-electron chi connectivity index (χ3n) is 2.73. The lowest BCUT2D eigenvalue weighted by molar-refractivity contribution is -0.117. The fourth-order valence-electron chi connectivity index (χ4n) is 1.67. The summed E-state index contributed by atoms with van der Waals surface area (Å²) in [5.74, 6) is -0.0607. The number of carbonyl (C=O) groups is 2. The van der Waals surface area contributed by atoms with Crippen molar-refractivity contribution in [2.24, 2.45) is 5.73 Å². The van der Waals surface area contributed by atoms with Gasteiger partial charge in [0.25, 0.3) is 0 Å². The van der Waals surface area contributed by atoms with Crippen LogP contribution in [0.25, 0.3) is 0 Å². The molecule has 0 atom stereocenters. The first kappa shape index (κ1) is 15.3. The van der Waals surface area contributed by atoms with Gasteiger partial charge in [0, 0.05) is 11.3 Å². The summed E-state index contributed by atoms with van der Waals surface area (Å²) in [7, 11) is 1.88. The summed E-state index contributed by atoms with van der Waals surface area (Å²) in [4.78, 5) is 24.8. The topological polar surface area (TPSA) is 75.4 Å². The van der Waals surface area contributed by atoms with Crippen molar-refractivity contribution >= 4 is 17.4 Å². The number of amides is 1. The maximum absolute atomic E-state index is 11.8. The average molecular weight is 263 g/mol. The quantitative estimate of drug-likeness (QED) is 0.723. The fraction of sp³-hybridized carbons (Fsp3) is 0.429. The highest BCUT2D eigenvalue weighted by Gasteiger charge is 2.07. The number of rotatable bonds is 7. The lowest BCUT2D eigenvalue weighted by atomic mass is 10.1. The second-order valence-corrected chi connectivity index (χ2v) is 4.56. The van der Waals surface area contributed by atoms with E-state index in [1.165, 1.54) is 6.92 Å². The minimum absolute atomic E-state index is 0.0133. The number of hydrogen-bond acceptors (Lipinski definition) is 4. The molecule has 0 saturated carbocycles. The molecule has 0 bridgehead atoms. The highest BCUT2D eigenvalue weighted by molar-refractivity contribution is 5.96. The van der Waals surface area contributed by atoms with Gasteiger partial charge >= 0.3 is 0 Å². The molecule has 0 aromatic heterocycles. The molecule has 0 aliphatic heterocycles. The van der Waals surface area contributed by atoms with E-state index in [1.807, 2.05) is 11.9 Å². The van der Waals surface area contributed by atoms with E-state index in [0.29, 0.717) is 24.3 Å². The van der Waals surface area contributed by atoms with Crippen LogP contribution in [0.5, 0.6) is 0 Å². The predicted molar refractivity (Wildman–Crippen MR) is 76.2 cm³/mol. The molecule has 0 heterocycles. The van der Waals surface area contributed by atoms with Crippen molar-refractivity contribution in [1.82, 2.24) is 4.90 Å². The largest absolute Gasteiger partial charge is 0.330 e. The van der Waals surface area contributed by atoms with Crippen molar-refractivity contribution in [3.05, 3.63) is 29.8 Å². The van der Waals surface area contributed by atoms with E-state index in [2.05, 4.69) is 5.32 Å². The molecule has 0 aliphatic carbocycles. The van der Waals surface area contributed by atoms with Crippen LogP contribution in [0, 0.1) is 0 Å². The monoisotopic (exact) mass is 263 g/mol. The number of anilines is 1. The Kier molecular flexibility index (Phi) is 6.18. The second-order valence-electron chi connectivity index (χ2n) is 4.56. The van der Waals surface area contributed by atoms with Crippen LogP contribution in [0.15, 0.2) is 24.3 Å². The minimum atomic E-state index is -0.0740. The number of nitrogens with zero attached hydrogens (tertiary/aromatic N) is 1. The second kappa shape index (κ2) is 7.66. The Bertz CT molecular complexity index is 429. The molecule has 0 saturated heterocycles. The summed E-state index contributed by atoms with van der Waals surface area (Å²) in [5, 5.41) is 2.79. The van der Waals surface area contributed by atoms with Crippen LogP contribution in [-0.4, -0.2) is 43.3 Å². The molecule has 3 N–H and O–H groups in total. The van der Waals surface area contributed by atoms with Crippen LogP contribution in [0.4, 0.5) is 5.69 Å². The molecule has 1 aromatic rings. The van der Waals surface area contributed by atoms with Crippen molar-refractivity contribution in [2.75, 3.05) is 32.0 Å². The number of nitrogens with two attached hydrogens (primary N) is 1. The maximum Gasteiger partial charge on any atom is 0.238 e. The molecule has 5 nitrogen and oxygen atoms in total. The molecule has 1 rings (SSSR count). The summed E-state index contributed by atoms with van der Waals surface area (Å²) < 4.78 is 0. The van der Waals surface area contributed by atoms with E-state index in [4.69, 9.17) is 5.73 Å². The Morgan fingerprint density at radius 1 is 1.26 bits per heavy atom. The molecule has 5 heteroatoms. The predicted octanol–water partition coefficient (Wildman–Crippen LogP) is 1.11. The summed E-state index contributed by atoms with van der Waals surface area (Å²) in [6, 6.07) is 6.87. The van der Waals surface area contributed by atoms with Crippen molar-refractivity contribution in [1.29, 1.82) is 0 Å².